The summed E-state index contributed by atoms with van der Waals surface area (Å²) >= 11 is 0. The van der Waals surface area contributed by atoms with Crippen LogP contribution in [0.3, 0.4) is 0 Å². The first kappa shape index (κ1) is 21.2. The number of benzene rings is 1. The van der Waals surface area contributed by atoms with Gasteiger partial charge in [-0.2, -0.15) is 8.78 Å². The third kappa shape index (κ3) is 4.99. The van der Waals surface area contributed by atoms with Crippen molar-refractivity contribution in [1.29, 1.82) is 0 Å². The minimum Gasteiger partial charge on any atom is -0.493 e. The Morgan fingerprint density at radius 2 is 1.89 bits per heavy atom. The third-order valence-electron chi connectivity index (χ3n) is 4.03. The molecule has 9 heteroatoms. The van der Waals surface area contributed by atoms with Crippen LogP contribution in [0.4, 0.5) is 14.5 Å². The number of alkyl halides is 2. The Hall–Kier alpha value is -3.10. The van der Waals surface area contributed by atoms with Gasteiger partial charge >= 0.3 is 12.6 Å². The molecule has 0 atom stereocenters. The Bertz CT molecular complexity index is 864. The quantitative estimate of drug-likeness (QED) is 0.691. The molecule has 0 aliphatic carbocycles. The van der Waals surface area contributed by atoms with Gasteiger partial charge in [0, 0.05) is 23.1 Å². The highest BCUT2D eigenvalue weighted by Gasteiger charge is 2.18. The summed E-state index contributed by atoms with van der Waals surface area (Å²) in [5, 5.41) is 2.62. The highest BCUT2D eigenvalue weighted by atomic mass is 19.3. The SMILES string of the molecule is CCOC(=O)c1cc(C)n(CC(=O)Nc2ccc(OC)c(OC(F)F)c2)c1C. The first-order chi connectivity index (χ1) is 13.3. The summed E-state index contributed by atoms with van der Waals surface area (Å²) in [5.74, 6) is -0.917. The molecule has 0 saturated heterocycles. The molecule has 0 aliphatic heterocycles. The lowest BCUT2D eigenvalue weighted by atomic mass is 10.2. The fraction of sp³-hybridized carbons (Fsp3) is 0.368. The largest absolute Gasteiger partial charge is 0.493 e. The molecule has 1 aromatic heterocycles. The Kier molecular flexibility index (Phi) is 6.97. The molecule has 0 spiro atoms. The fourth-order valence-corrected chi connectivity index (χ4v) is 2.75. The highest BCUT2D eigenvalue weighted by molar-refractivity contribution is 5.93. The van der Waals surface area contributed by atoms with E-state index in [0.717, 1.165) is 0 Å². The molecular formula is C19H22F2N2O5. The van der Waals surface area contributed by atoms with Crippen LogP contribution in [0.5, 0.6) is 11.5 Å². The Morgan fingerprint density at radius 1 is 1.18 bits per heavy atom. The predicted molar refractivity (Wildman–Crippen MR) is 98.1 cm³/mol. The normalized spacial score (nSPS) is 10.7. The minimum atomic E-state index is -3.02. The van der Waals surface area contributed by atoms with Crippen LogP contribution in [0, 0.1) is 13.8 Å². The number of carbonyl (C=O) groups is 2. The second kappa shape index (κ2) is 9.20. The maximum absolute atomic E-state index is 12.5. The number of hydrogen-bond donors (Lipinski definition) is 1. The minimum absolute atomic E-state index is 0.0614. The molecule has 0 unspecified atom stereocenters. The molecule has 0 aliphatic rings. The number of aromatic nitrogens is 1. The molecule has 2 rings (SSSR count). The fourth-order valence-electron chi connectivity index (χ4n) is 2.75. The number of aryl methyl sites for hydroxylation is 1. The summed E-state index contributed by atoms with van der Waals surface area (Å²) in [7, 11) is 1.32. The predicted octanol–water partition coefficient (Wildman–Crippen LogP) is 3.53. The number of halogens is 2. The standard InChI is InChI=1S/C19H22F2N2O5/c1-5-27-18(25)14-8-11(2)23(12(14)3)10-17(24)22-13-6-7-15(26-4)16(9-13)28-19(20)21/h6-9,19H,5,10H2,1-4H3,(H,22,24). The number of anilines is 1. The van der Waals surface area contributed by atoms with Crippen molar-refractivity contribution in [2.45, 2.75) is 33.9 Å². The molecule has 0 bridgehead atoms. The van der Waals surface area contributed by atoms with E-state index < -0.39 is 18.5 Å². The van der Waals surface area contributed by atoms with Crippen molar-refractivity contribution in [3.63, 3.8) is 0 Å². The van der Waals surface area contributed by atoms with E-state index in [9.17, 15) is 18.4 Å². The van der Waals surface area contributed by atoms with Crippen molar-refractivity contribution in [3.05, 3.63) is 41.2 Å². The van der Waals surface area contributed by atoms with Gasteiger partial charge in [-0.15, -0.1) is 0 Å². The highest BCUT2D eigenvalue weighted by Crippen LogP contribution is 2.31. The molecule has 2 aromatic rings. The summed E-state index contributed by atoms with van der Waals surface area (Å²) in [4.78, 5) is 24.4. The number of esters is 1. The molecule has 0 radical (unpaired) electrons. The molecule has 7 nitrogen and oxygen atoms in total. The van der Waals surface area contributed by atoms with Gasteiger partial charge in [-0.05, 0) is 39.0 Å². The molecule has 0 fully saturated rings. The summed E-state index contributed by atoms with van der Waals surface area (Å²) < 4.78 is 41.1. The number of carbonyl (C=O) groups excluding carboxylic acids is 2. The zero-order chi connectivity index (χ0) is 20.8. The average Bonchev–Trinajstić information content (AvgIpc) is 2.90. The molecule has 152 valence electrons. The molecule has 1 aromatic carbocycles. The number of rotatable bonds is 8. The van der Waals surface area contributed by atoms with E-state index in [4.69, 9.17) is 9.47 Å². The van der Waals surface area contributed by atoms with E-state index in [0.29, 0.717) is 17.0 Å². The summed E-state index contributed by atoms with van der Waals surface area (Å²) in [6.45, 7) is 2.37. The van der Waals surface area contributed by atoms with E-state index >= 15 is 0 Å². The summed E-state index contributed by atoms with van der Waals surface area (Å²) in [5.41, 5.74) is 1.98. The van der Waals surface area contributed by atoms with Crippen molar-refractivity contribution in [2.75, 3.05) is 19.0 Å². The lowest BCUT2D eigenvalue weighted by Gasteiger charge is -2.13. The number of amides is 1. The number of ether oxygens (including phenoxy) is 3. The van der Waals surface area contributed by atoms with Gasteiger partial charge < -0.3 is 24.1 Å². The van der Waals surface area contributed by atoms with Crippen LogP contribution in [0.25, 0.3) is 0 Å². The molecule has 28 heavy (non-hydrogen) atoms. The number of nitrogens with one attached hydrogen (secondary N) is 1. The van der Waals surface area contributed by atoms with E-state index in [1.54, 1.807) is 31.4 Å². The van der Waals surface area contributed by atoms with Gasteiger partial charge in [0.1, 0.15) is 6.54 Å². The van der Waals surface area contributed by atoms with Crippen molar-refractivity contribution in [3.8, 4) is 11.5 Å². The first-order valence-corrected chi connectivity index (χ1v) is 8.53. The Labute approximate surface area is 161 Å². The summed E-state index contributed by atoms with van der Waals surface area (Å²) in [6.07, 6.45) is 0. The lowest BCUT2D eigenvalue weighted by molar-refractivity contribution is -0.116. The lowest BCUT2D eigenvalue weighted by Crippen LogP contribution is -2.20. The van der Waals surface area contributed by atoms with Crippen LogP contribution < -0.4 is 14.8 Å². The van der Waals surface area contributed by atoms with Crippen LogP contribution in [0.1, 0.15) is 28.7 Å². The van der Waals surface area contributed by atoms with Gasteiger partial charge in [-0.1, -0.05) is 0 Å². The maximum Gasteiger partial charge on any atom is 0.387 e. The number of nitrogens with zero attached hydrogens (tertiary/aromatic N) is 1. The molecule has 1 amide bonds. The van der Waals surface area contributed by atoms with Crippen LogP contribution >= 0.6 is 0 Å². The topological polar surface area (TPSA) is 78.8 Å². The van der Waals surface area contributed by atoms with Gasteiger partial charge in [0.25, 0.3) is 0 Å². The zero-order valence-electron chi connectivity index (χ0n) is 16.0. The van der Waals surface area contributed by atoms with Gasteiger partial charge in [0.05, 0.1) is 19.3 Å². The molecule has 1 heterocycles. The van der Waals surface area contributed by atoms with Crippen LogP contribution in [-0.2, 0) is 16.1 Å². The van der Waals surface area contributed by atoms with Crippen LogP contribution in [0.15, 0.2) is 24.3 Å². The smallest absolute Gasteiger partial charge is 0.387 e. The maximum atomic E-state index is 12.5. The van der Waals surface area contributed by atoms with Crippen molar-refractivity contribution in [1.82, 2.24) is 4.57 Å². The zero-order valence-corrected chi connectivity index (χ0v) is 16.0. The molecular weight excluding hydrogens is 374 g/mol. The van der Waals surface area contributed by atoms with Gasteiger partial charge in [0.2, 0.25) is 5.91 Å². The van der Waals surface area contributed by atoms with E-state index in [2.05, 4.69) is 10.1 Å². The van der Waals surface area contributed by atoms with E-state index in [-0.39, 0.29) is 30.3 Å². The Morgan fingerprint density at radius 3 is 2.50 bits per heavy atom. The van der Waals surface area contributed by atoms with Crippen molar-refractivity contribution < 1.29 is 32.6 Å². The second-order valence-corrected chi connectivity index (χ2v) is 5.88. The second-order valence-electron chi connectivity index (χ2n) is 5.88. The van der Waals surface area contributed by atoms with Crippen LogP contribution in [0.2, 0.25) is 0 Å². The Balaban J connectivity index is 2.15. The van der Waals surface area contributed by atoms with Gasteiger partial charge in [-0.3, -0.25) is 4.79 Å². The summed E-state index contributed by atoms with van der Waals surface area (Å²) in [6, 6.07) is 5.83. The van der Waals surface area contributed by atoms with Gasteiger partial charge in [-0.25, -0.2) is 4.79 Å². The third-order valence-corrected chi connectivity index (χ3v) is 4.03. The van der Waals surface area contributed by atoms with Crippen molar-refractivity contribution in [2.24, 2.45) is 0 Å². The number of methoxy groups -OCH3 is 1. The van der Waals surface area contributed by atoms with E-state index in [1.807, 2.05) is 0 Å². The van der Waals surface area contributed by atoms with Crippen LogP contribution in [-0.4, -0.2) is 36.8 Å². The molecule has 0 saturated carbocycles. The first-order valence-electron chi connectivity index (χ1n) is 8.53. The monoisotopic (exact) mass is 396 g/mol. The molecule has 1 N–H and O–H groups in total. The average molecular weight is 396 g/mol. The van der Waals surface area contributed by atoms with Crippen molar-refractivity contribution >= 4 is 17.6 Å². The number of hydrogen-bond acceptors (Lipinski definition) is 5. The van der Waals surface area contributed by atoms with Gasteiger partial charge in [0.15, 0.2) is 11.5 Å². The van der Waals surface area contributed by atoms with E-state index in [1.165, 1.54) is 25.3 Å².